The van der Waals surface area contributed by atoms with Crippen molar-refractivity contribution in [3.63, 3.8) is 0 Å². The van der Waals surface area contributed by atoms with Gasteiger partial charge in [-0.1, -0.05) is 35.1 Å². The highest BCUT2D eigenvalue weighted by atomic mass is 35.5. The third kappa shape index (κ3) is 7.14. The highest BCUT2D eigenvalue weighted by Gasteiger charge is 2.31. The monoisotopic (exact) mass is 614 g/mol. The summed E-state index contributed by atoms with van der Waals surface area (Å²) >= 11 is 7.07. The molecule has 1 unspecified atom stereocenters. The first-order chi connectivity index (χ1) is 19.1. The molecule has 4 rings (SSSR count). The van der Waals surface area contributed by atoms with Crippen molar-refractivity contribution in [2.45, 2.75) is 42.4 Å². The summed E-state index contributed by atoms with van der Waals surface area (Å²) in [7, 11) is -3.64. The van der Waals surface area contributed by atoms with E-state index >= 15 is 0 Å². The molecule has 1 N–H and O–H groups in total. The van der Waals surface area contributed by atoms with Crippen LogP contribution in [0.15, 0.2) is 47.4 Å². The molecule has 40 heavy (non-hydrogen) atoms. The minimum absolute atomic E-state index is 0.0428. The Balaban J connectivity index is 1.60. The summed E-state index contributed by atoms with van der Waals surface area (Å²) in [5, 5.41) is 1.99. The zero-order chi connectivity index (χ0) is 28.9. The van der Waals surface area contributed by atoms with E-state index in [0.29, 0.717) is 32.1 Å². The Morgan fingerprint density at radius 3 is 2.52 bits per heavy atom. The van der Waals surface area contributed by atoms with Crippen LogP contribution in [0.5, 0.6) is 5.75 Å². The van der Waals surface area contributed by atoms with Crippen molar-refractivity contribution in [1.82, 2.24) is 4.98 Å². The molecule has 3 aromatic rings. The van der Waals surface area contributed by atoms with Crippen LogP contribution >= 0.6 is 22.9 Å². The average molecular weight is 615 g/mol. The number of sulfone groups is 1. The van der Waals surface area contributed by atoms with Gasteiger partial charge >= 0.3 is 5.97 Å². The lowest BCUT2D eigenvalue weighted by atomic mass is 10.1. The maximum absolute atomic E-state index is 14.4. The third-order valence-electron chi connectivity index (χ3n) is 5.99. The molecule has 214 valence electrons. The van der Waals surface area contributed by atoms with E-state index in [-0.39, 0.29) is 38.6 Å². The van der Waals surface area contributed by atoms with Crippen LogP contribution < -0.4 is 10.1 Å². The van der Waals surface area contributed by atoms with Gasteiger partial charge < -0.3 is 14.2 Å². The molecule has 1 saturated heterocycles. The number of rotatable bonds is 10. The van der Waals surface area contributed by atoms with Gasteiger partial charge in [-0.05, 0) is 44.0 Å². The van der Waals surface area contributed by atoms with Crippen molar-refractivity contribution in [2.75, 3.05) is 25.1 Å². The maximum Gasteiger partial charge on any atom is 0.311 e. The number of esters is 1. The van der Waals surface area contributed by atoms with Gasteiger partial charge in [0.25, 0.3) is 5.91 Å². The first-order valence-electron chi connectivity index (χ1n) is 12.2. The highest BCUT2D eigenvalue weighted by Crippen LogP contribution is 2.32. The van der Waals surface area contributed by atoms with Crippen LogP contribution in [0.25, 0.3) is 0 Å². The molecule has 0 aliphatic carbocycles. The van der Waals surface area contributed by atoms with E-state index in [4.69, 9.17) is 25.8 Å². The Morgan fingerprint density at radius 2 is 1.88 bits per heavy atom. The molecule has 9 nitrogen and oxygen atoms in total. The lowest BCUT2D eigenvalue weighted by Gasteiger charge is -2.23. The number of thiazole rings is 1. The minimum atomic E-state index is -3.64. The fourth-order valence-corrected chi connectivity index (χ4v) is 6.75. The Bertz CT molecular complexity index is 1480. The van der Waals surface area contributed by atoms with Crippen LogP contribution in [0.3, 0.4) is 0 Å². The third-order valence-corrected chi connectivity index (χ3v) is 9.52. The molecule has 1 amide bonds. The predicted octanol–water partition coefficient (Wildman–Crippen LogP) is 4.89. The summed E-state index contributed by atoms with van der Waals surface area (Å²) in [5.74, 6) is -3.61. The molecule has 0 spiro atoms. The van der Waals surface area contributed by atoms with Crippen LogP contribution in [0.4, 0.5) is 13.9 Å². The van der Waals surface area contributed by atoms with E-state index in [1.165, 1.54) is 24.3 Å². The molecule has 1 aliphatic heterocycles. The Kier molecular flexibility index (Phi) is 9.72. The maximum atomic E-state index is 14.4. The minimum Gasteiger partial charge on any atom is -0.473 e. The van der Waals surface area contributed by atoms with Gasteiger partial charge in [-0.25, -0.2) is 22.2 Å². The second-order valence-corrected chi connectivity index (χ2v) is 12.5. The summed E-state index contributed by atoms with van der Waals surface area (Å²) < 4.78 is 69.9. The number of carbonyl (C=O) groups excluding carboxylic acids is 2. The summed E-state index contributed by atoms with van der Waals surface area (Å²) in [4.78, 5) is 29.4. The van der Waals surface area contributed by atoms with Crippen molar-refractivity contribution in [2.24, 2.45) is 0 Å². The first kappa shape index (κ1) is 29.8. The van der Waals surface area contributed by atoms with Gasteiger partial charge in [0.2, 0.25) is 6.10 Å². The molecule has 1 aliphatic rings. The number of nitrogens with zero attached hydrogens (tertiary/aromatic N) is 1. The van der Waals surface area contributed by atoms with Gasteiger partial charge in [0.05, 0.1) is 28.9 Å². The van der Waals surface area contributed by atoms with E-state index in [0.717, 1.165) is 23.5 Å². The van der Waals surface area contributed by atoms with E-state index in [1.807, 2.05) is 0 Å². The van der Waals surface area contributed by atoms with Crippen molar-refractivity contribution in [3.05, 3.63) is 69.7 Å². The van der Waals surface area contributed by atoms with Crippen molar-refractivity contribution < 1.29 is 41.0 Å². The SMILES string of the molecule is CCOC(=O)Cc1nc(NC(=O)C(Oc2ccc(F)cc2F)c2ccc(S(=O)(=O)C3CCOCC3)cc2)sc1Cl. The molecule has 1 fully saturated rings. The molecule has 14 heteroatoms. The van der Waals surface area contributed by atoms with Crippen LogP contribution in [0.1, 0.15) is 37.1 Å². The zero-order valence-electron chi connectivity index (χ0n) is 21.2. The van der Waals surface area contributed by atoms with E-state index in [1.54, 1.807) is 6.92 Å². The normalized spacial score (nSPS) is 14.9. The lowest BCUT2D eigenvalue weighted by molar-refractivity contribution is -0.142. The standard InChI is InChI=1S/C26H25ClF2N2O7S2/c1-2-37-22(32)14-20-24(27)39-26(30-20)31-25(33)23(38-21-8-5-16(28)13-19(21)29)15-3-6-17(7-4-15)40(34,35)18-9-11-36-12-10-18/h3-8,13,18,23H,2,9-12,14H2,1H3,(H,30,31,33). The van der Waals surface area contributed by atoms with Gasteiger partial charge in [-0.3, -0.25) is 14.9 Å². The number of hydrogen-bond donors (Lipinski definition) is 1. The lowest BCUT2D eigenvalue weighted by Crippen LogP contribution is -2.29. The Labute approximate surface area is 238 Å². The molecule has 0 radical (unpaired) electrons. The highest BCUT2D eigenvalue weighted by molar-refractivity contribution is 7.92. The predicted molar refractivity (Wildman–Crippen MR) is 143 cm³/mol. The van der Waals surface area contributed by atoms with Crippen molar-refractivity contribution in [1.29, 1.82) is 0 Å². The molecule has 0 bridgehead atoms. The zero-order valence-corrected chi connectivity index (χ0v) is 23.6. The second-order valence-electron chi connectivity index (χ2n) is 8.71. The van der Waals surface area contributed by atoms with Gasteiger partial charge in [-0.15, -0.1) is 0 Å². The fraction of sp³-hybridized carbons (Fsp3) is 0.346. The number of nitrogens with one attached hydrogen (secondary N) is 1. The second kappa shape index (κ2) is 13.0. The largest absolute Gasteiger partial charge is 0.473 e. The number of halogens is 3. The molecule has 1 aromatic heterocycles. The van der Waals surface area contributed by atoms with E-state index in [2.05, 4.69) is 10.3 Å². The van der Waals surface area contributed by atoms with Gasteiger partial charge in [-0.2, -0.15) is 0 Å². The van der Waals surface area contributed by atoms with Crippen LogP contribution in [0, 0.1) is 11.6 Å². The Hall–Kier alpha value is -3.13. The van der Waals surface area contributed by atoms with Crippen molar-refractivity contribution >= 4 is 49.8 Å². The van der Waals surface area contributed by atoms with Crippen LogP contribution in [-0.4, -0.2) is 50.3 Å². The van der Waals surface area contributed by atoms with Gasteiger partial charge in [0, 0.05) is 24.8 Å². The quantitative estimate of drug-likeness (QED) is 0.321. The molecule has 2 aromatic carbocycles. The molecular formula is C26H25ClF2N2O7S2. The summed E-state index contributed by atoms with van der Waals surface area (Å²) in [6, 6.07) is 8.09. The molecular weight excluding hydrogens is 590 g/mol. The van der Waals surface area contributed by atoms with Gasteiger partial charge in [0.1, 0.15) is 10.2 Å². The topological polar surface area (TPSA) is 121 Å². The number of ether oxygens (including phenoxy) is 3. The first-order valence-corrected chi connectivity index (χ1v) is 15.0. The summed E-state index contributed by atoms with van der Waals surface area (Å²) in [6.45, 7) is 2.54. The number of carbonyl (C=O) groups is 2. The van der Waals surface area contributed by atoms with E-state index in [9.17, 15) is 26.8 Å². The summed E-state index contributed by atoms with van der Waals surface area (Å²) in [5.41, 5.74) is 0.395. The van der Waals surface area contributed by atoms with E-state index < -0.39 is 50.5 Å². The number of benzene rings is 2. The van der Waals surface area contributed by atoms with Crippen LogP contribution in [0.2, 0.25) is 4.34 Å². The number of hydrogen-bond acceptors (Lipinski definition) is 9. The summed E-state index contributed by atoms with van der Waals surface area (Å²) in [6.07, 6.45) is -0.952. The van der Waals surface area contributed by atoms with Crippen LogP contribution in [-0.2, 0) is 35.3 Å². The number of aromatic nitrogens is 1. The van der Waals surface area contributed by atoms with Crippen molar-refractivity contribution in [3.8, 4) is 5.75 Å². The average Bonchev–Trinajstić information content (AvgIpc) is 3.26. The Morgan fingerprint density at radius 1 is 1.18 bits per heavy atom. The number of amides is 1. The number of anilines is 1. The fourth-order valence-electron chi connectivity index (χ4n) is 4.00. The smallest absolute Gasteiger partial charge is 0.311 e. The van der Waals surface area contributed by atoms with Gasteiger partial charge in [0.15, 0.2) is 26.5 Å². The molecule has 0 saturated carbocycles. The molecule has 1 atom stereocenters. The molecule has 2 heterocycles.